The van der Waals surface area contributed by atoms with Gasteiger partial charge in [-0.15, -0.1) is 0 Å². The first-order chi connectivity index (χ1) is 10.1. The van der Waals surface area contributed by atoms with Crippen molar-refractivity contribution in [3.05, 3.63) is 0 Å². The number of carbonyl (C=O) groups excluding carboxylic acids is 1. The SMILES string of the molecule is O=C(O)C(F)(F)C(F)(F)C(F)(F)C(F)(F)C(F)(F)C(F)(F)C(=O)Cl. The van der Waals surface area contributed by atoms with Crippen LogP contribution in [0.15, 0.2) is 0 Å². The van der Waals surface area contributed by atoms with Crippen LogP contribution in [-0.4, -0.2) is 51.9 Å². The number of carboxylic acid groups (broad SMARTS) is 1. The second kappa shape index (κ2) is 5.56. The quantitative estimate of drug-likeness (QED) is 0.517. The number of alkyl halides is 12. The topological polar surface area (TPSA) is 54.4 Å². The van der Waals surface area contributed by atoms with E-state index in [9.17, 15) is 62.3 Å². The Hall–Kier alpha value is -1.41. The minimum atomic E-state index is -8.05. The Morgan fingerprint density at radius 3 is 1.04 bits per heavy atom. The molecule has 0 spiro atoms. The third kappa shape index (κ3) is 2.56. The molecule has 16 heteroatoms. The van der Waals surface area contributed by atoms with Crippen molar-refractivity contribution in [2.24, 2.45) is 0 Å². The van der Waals surface area contributed by atoms with Crippen molar-refractivity contribution in [3.8, 4) is 0 Å². The maximum Gasteiger partial charge on any atom is 0.410 e. The van der Waals surface area contributed by atoms with Gasteiger partial charge in [0, 0.05) is 0 Å². The van der Waals surface area contributed by atoms with E-state index in [-0.39, 0.29) is 0 Å². The van der Waals surface area contributed by atoms with Crippen molar-refractivity contribution in [1.29, 1.82) is 0 Å². The average Bonchev–Trinajstić information content (AvgIpc) is 2.36. The minimum absolute atomic E-state index is 3.70. The molecule has 1 N–H and O–H groups in total. The molecule has 0 amide bonds. The summed E-state index contributed by atoms with van der Waals surface area (Å²) in [4.78, 5) is 19.7. The van der Waals surface area contributed by atoms with Gasteiger partial charge in [0.15, 0.2) is 0 Å². The Balaban J connectivity index is 6.48. The van der Waals surface area contributed by atoms with Crippen molar-refractivity contribution in [3.63, 3.8) is 0 Å². The summed E-state index contributed by atoms with van der Waals surface area (Å²) >= 11 is 3.79. The molecule has 0 aliphatic carbocycles. The lowest BCUT2D eigenvalue weighted by Gasteiger charge is -2.39. The number of aliphatic carboxylic acids is 1. The van der Waals surface area contributed by atoms with E-state index >= 15 is 0 Å². The first-order valence-corrected chi connectivity index (χ1v) is 5.22. The van der Waals surface area contributed by atoms with Gasteiger partial charge in [-0.1, -0.05) is 0 Å². The van der Waals surface area contributed by atoms with Crippen LogP contribution in [0.25, 0.3) is 0 Å². The largest absolute Gasteiger partial charge is 0.477 e. The standard InChI is InChI=1S/C8HClF12O3/c9-1(22)3(10,11)5(14,15)7(18,19)8(20,21)6(16,17)4(12,13)2(23)24/h(H,23,24). The summed E-state index contributed by atoms with van der Waals surface area (Å²) in [5, 5.41) is 3.94. The lowest BCUT2D eigenvalue weighted by atomic mass is 9.91. The van der Waals surface area contributed by atoms with Crippen LogP contribution in [0.1, 0.15) is 0 Å². The molecule has 0 saturated heterocycles. The zero-order chi connectivity index (χ0) is 20.2. The highest BCUT2D eigenvalue weighted by Crippen LogP contribution is 2.60. The van der Waals surface area contributed by atoms with E-state index < -0.39 is 46.7 Å². The molecule has 0 aliphatic heterocycles. The van der Waals surface area contributed by atoms with Crippen molar-refractivity contribution < 1.29 is 67.4 Å². The van der Waals surface area contributed by atoms with Gasteiger partial charge < -0.3 is 5.11 Å². The smallest absolute Gasteiger partial charge is 0.410 e. The highest BCUT2D eigenvalue weighted by atomic mass is 35.5. The maximum atomic E-state index is 12.9. The van der Waals surface area contributed by atoms with E-state index in [4.69, 9.17) is 5.11 Å². The summed E-state index contributed by atoms with van der Waals surface area (Å²) in [6.45, 7) is 0. The Kier molecular flexibility index (Phi) is 5.23. The Labute approximate surface area is 127 Å². The van der Waals surface area contributed by atoms with Crippen molar-refractivity contribution >= 4 is 22.8 Å². The summed E-state index contributed by atoms with van der Waals surface area (Å²) in [5.41, 5.74) is 0. The van der Waals surface area contributed by atoms with Crippen LogP contribution in [0.4, 0.5) is 52.7 Å². The van der Waals surface area contributed by atoms with E-state index in [0.717, 1.165) is 0 Å². The van der Waals surface area contributed by atoms with Gasteiger partial charge in [0.2, 0.25) is 0 Å². The van der Waals surface area contributed by atoms with Gasteiger partial charge in [-0.3, -0.25) is 4.79 Å². The third-order valence-corrected chi connectivity index (χ3v) is 2.72. The number of rotatable bonds is 7. The van der Waals surface area contributed by atoms with Crippen LogP contribution >= 0.6 is 11.6 Å². The minimum Gasteiger partial charge on any atom is -0.477 e. The Bertz CT molecular complexity index is 494. The molecule has 0 heterocycles. The van der Waals surface area contributed by atoms with Crippen molar-refractivity contribution in [2.45, 2.75) is 35.5 Å². The van der Waals surface area contributed by atoms with Crippen LogP contribution in [0, 0.1) is 0 Å². The molecule has 0 bridgehead atoms. The van der Waals surface area contributed by atoms with Crippen LogP contribution in [0.5, 0.6) is 0 Å². The fourth-order valence-electron chi connectivity index (χ4n) is 1.05. The fraction of sp³-hybridized carbons (Fsp3) is 0.750. The molecule has 142 valence electrons. The van der Waals surface area contributed by atoms with Gasteiger partial charge in [-0.25, -0.2) is 4.79 Å². The zero-order valence-electron chi connectivity index (χ0n) is 10.2. The highest BCUT2D eigenvalue weighted by Gasteiger charge is 2.92. The second-order valence-corrected chi connectivity index (χ2v) is 4.37. The molecule has 0 aromatic carbocycles. The van der Waals surface area contributed by atoms with Crippen LogP contribution in [0.3, 0.4) is 0 Å². The normalized spacial score (nSPS) is 15.4. The number of hydrogen-bond donors (Lipinski definition) is 1. The Morgan fingerprint density at radius 2 is 0.833 bits per heavy atom. The van der Waals surface area contributed by atoms with E-state index in [1.54, 1.807) is 0 Å². The maximum absolute atomic E-state index is 12.9. The summed E-state index contributed by atoms with van der Waals surface area (Å²) in [6.07, 6.45) is 0. The third-order valence-electron chi connectivity index (χ3n) is 2.49. The molecule has 0 saturated carbocycles. The lowest BCUT2D eigenvalue weighted by molar-refractivity contribution is -0.415. The monoisotopic (exact) mass is 408 g/mol. The van der Waals surface area contributed by atoms with Crippen LogP contribution in [0.2, 0.25) is 0 Å². The number of hydrogen-bond acceptors (Lipinski definition) is 2. The summed E-state index contributed by atoms with van der Waals surface area (Å²) < 4.78 is 153. The van der Waals surface area contributed by atoms with Crippen LogP contribution in [-0.2, 0) is 9.59 Å². The molecule has 0 atom stereocenters. The van der Waals surface area contributed by atoms with E-state index in [0.29, 0.717) is 0 Å². The highest BCUT2D eigenvalue weighted by molar-refractivity contribution is 6.65. The predicted octanol–water partition coefficient (Wildman–Crippen LogP) is 3.65. The van der Waals surface area contributed by atoms with E-state index in [2.05, 4.69) is 11.6 Å². The molecule has 0 aliphatic rings. The van der Waals surface area contributed by atoms with Crippen molar-refractivity contribution in [2.75, 3.05) is 0 Å². The molecular weight excluding hydrogens is 408 g/mol. The van der Waals surface area contributed by atoms with Crippen molar-refractivity contribution in [1.82, 2.24) is 0 Å². The van der Waals surface area contributed by atoms with Gasteiger partial charge in [0.1, 0.15) is 0 Å². The molecule has 0 fully saturated rings. The number of carboxylic acids is 1. The molecule has 3 nitrogen and oxygen atoms in total. The molecule has 0 aromatic heterocycles. The van der Waals surface area contributed by atoms with E-state index in [1.807, 2.05) is 0 Å². The van der Waals surface area contributed by atoms with Crippen LogP contribution < -0.4 is 0 Å². The van der Waals surface area contributed by atoms with Gasteiger partial charge >= 0.3 is 41.5 Å². The molecule has 24 heavy (non-hydrogen) atoms. The average molecular weight is 409 g/mol. The number of carbonyl (C=O) groups is 2. The zero-order valence-corrected chi connectivity index (χ0v) is 10.9. The Morgan fingerprint density at radius 1 is 0.583 bits per heavy atom. The lowest BCUT2D eigenvalue weighted by Crippen LogP contribution is -2.72. The second-order valence-electron chi connectivity index (χ2n) is 4.03. The molecule has 0 aromatic rings. The summed E-state index contributed by atoms with van der Waals surface area (Å²) in [6, 6.07) is 0. The van der Waals surface area contributed by atoms with Gasteiger partial charge in [-0.05, 0) is 11.6 Å². The first-order valence-electron chi connectivity index (χ1n) is 4.84. The first kappa shape index (κ1) is 22.6. The van der Waals surface area contributed by atoms with Gasteiger partial charge in [-0.2, -0.15) is 52.7 Å². The molecule has 0 unspecified atom stereocenters. The molecular formula is C8HClF12O3. The van der Waals surface area contributed by atoms with Gasteiger partial charge in [0.25, 0.3) is 5.24 Å². The number of halogens is 13. The summed E-state index contributed by atoms with van der Waals surface area (Å²) in [5.74, 6) is -49.7. The summed E-state index contributed by atoms with van der Waals surface area (Å²) in [7, 11) is 0. The molecule has 0 rings (SSSR count). The van der Waals surface area contributed by atoms with E-state index in [1.165, 1.54) is 0 Å². The van der Waals surface area contributed by atoms with Gasteiger partial charge in [0.05, 0.1) is 0 Å². The predicted molar refractivity (Wildman–Crippen MR) is 48.2 cm³/mol. The fourth-order valence-corrected chi connectivity index (χ4v) is 1.17. The molecule has 0 radical (unpaired) electrons.